The van der Waals surface area contributed by atoms with Crippen LogP contribution in [0.4, 0.5) is 21.8 Å². The zero-order valence-corrected chi connectivity index (χ0v) is 16.5. The second-order valence-corrected chi connectivity index (χ2v) is 7.48. The van der Waals surface area contributed by atoms with Gasteiger partial charge in [0, 0.05) is 35.8 Å². The number of hydrogen-bond acceptors (Lipinski definition) is 6. The molecule has 4 aromatic rings. The number of aromatic amines is 1. The third-order valence-corrected chi connectivity index (χ3v) is 5.54. The van der Waals surface area contributed by atoms with Crippen LogP contribution in [0.15, 0.2) is 59.9 Å². The largest absolute Gasteiger partial charge is 0.322 e. The summed E-state index contributed by atoms with van der Waals surface area (Å²) in [5, 5.41) is 11.3. The van der Waals surface area contributed by atoms with E-state index in [0.717, 1.165) is 58.8 Å². The van der Waals surface area contributed by atoms with Gasteiger partial charge >= 0.3 is 0 Å². The van der Waals surface area contributed by atoms with Crippen molar-refractivity contribution in [2.24, 2.45) is 4.99 Å². The van der Waals surface area contributed by atoms with Crippen LogP contribution in [0.25, 0.3) is 22.6 Å². The fourth-order valence-corrected chi connectivity index (χ4v) is 4.11. The summed E-state index contributed by atoms with van der Waals surface area (Å²) in [5.41, 5.74) is 4.31. The van der Waals surface area contributed by atoms with E-state index >= 15 is 0 Å². The molecular weight excluding hydrogens is 393 g/mol. The lowest BCUT2D eigenvalue weighted by Gasteiger charge is -2.34. The first-order chi connectivity index (χ1) is 15.3. The Morgan fingerprint density at radius 1 is 1.06 bits per heavy atom. The summed E-state index contributed by atoms with van der Waals surface area (Å²) < 4.78 is 14.1. The Balaban J connectivity index is 1.47. The summed E-state index contributed by atoms with van der Waals surface area (Å²) in [6.45, 7) is 1.58. The summed E-state index contributed by atoms with van der Waals surface area (Å²) in [4.78, 5) is 16.1. The van der Waals surface area contributed by atoms with Gasteiger partial charge in [-0.25, -0.2) is 9.37 Å². The molecule has 2 N–H and O–H groups in total. The van der Waals surface area contributed by atoms with Gasteiger partial charge in [-0.05, 0) is 36.3 Å². The van der Waals surface area contributed by atoms with Crippen LogP contribution >= 0.6 is 0 Å². The van der Waals surface area contributed by atoms with Gasteiger partial charge in [0.1, 0.15) is 17.5 Å². The first-order valence-electron chi connectivity index (χ1n) is 10.1. The third-order valence-electron chi connectivity index (χ3n) is 5.54. The van der Waals surface area contributed by atoms with Crippen molar-refractivity contribution >= 4 is 45.8 Å². The minimum atomic E-state index is -0.348. The van der Waals surface area contributed by atoms with Crippen molar-refractivity contribution < 1.29 is 4.39 Å². The van der Waals surface area contributed by atoms with Crippen LogP contribution in [0.1, 0.15) is 17.5 Å². The van der Waals surface area contributed by atoms with Crippen LogP contribution < -0.4 is 10.2 Å². The van der Waals surface area contributed by atoms with Gasteiger partial charge in [-0.1, -0.05) is 24.3 Å². The molecule has 0 radical (unpaired) electrons. The molecule has 8 heteroatoms. The van der Waals surface area contributed by atoms with E-state index in [0.29, 0.717) is 11.6 Å². The number of nitrogens with zero attached hydrogens (tertiary/aromatic N) is 5. The standard InChI is InChI=1S/C23H18FN7/c24-18-6-1-2-7-20(18)28-23-26-12-14-11-16(15-5-3-8-19-17(15)13-27-30-19)22-25-9-4-10-31(22)21(14)29-23/h1-3,5-8,11-13H,4,9-10H2,(H,27,30)(H,26,28,29). The maximum atomic E-state index is 14.1. The average Bonchev–Trinajstić information content (AvgIpc) is 3.29. The van der Waals surface area contributed by atoms with E-state index in [-0.39, 0.29) is 5.82 Å². The molecule has 0 atom stereocenters. The molecule has 6 rings (SSSR count). The van der Waals surface area contributed by atoms with Crippen LogP contribution in [-0.2, 0) is 0 Å². The molecule has 0 saturated heterocycles. The second kappa shape index (κ2) is 7.02. The van der Waals surface area contributed by atoms with Crippen LogP contribution in [0.3, 0.4) is 0 Å². The molecule has 2 aliphatic heterocycles. The van der Waals surface area contributed by atoms with Crippen molar-refractivity contribution in [2.75, 3.05) is 23.3 Å². The van der Waals surface area contributed by atoms with E-state index in [1.54, 1.807) is 24.4 Å². The number of amidine groups is 1. The van der Waals surface area contributed by atoms with Crippen molar-refractivity contribution in [2.45, 2.75) is 6.42 Å². The van der Waals surface area contributed by atoms with E-state index in [9.17, 15) is 4.39 Å². The lowest BCUT2D eigenvalue weighted by Crippen LogP contribution is -2.39. The predicted octanol–water partition coefficient (Wildman–Crippen LogP) is 4.40. The maximum absolute atomic E-state index is 14.1. The number of anilines is 3. The van der Waals surface area contributed by atoms with Crippen LogP contribution in [0, 0.1) is 5.82 Å². The highest BCUT2D eigenvalue weighted by Gasteiger charge is 2.30. The van der Waals surface area contributed by atoms with Crippen LogP contribution in [-0.4, -0.2) is 39.1 Å². The molecule has 7 nitrogen and oxygen atoms in total. The van der Waals surface area contributed by atoms with Gasteiger partial charge in [-0.2, -0.15) is 10.1 Å². The van der Waals surface area contributed by atoms with Gasteiger partial charge in [0.05, 0.1) is 17.4 Å². The normalized spacial score (nSPS) is 15.2. The molecule has 0 amide bonds. The first kappa shape index (κ1) is 17.8. The van der Waals surface area contributed by atoms with E-state index in [4.69, 9.17) is 9.98 Å². The van der Waals surface area contributed by atoms with Crippen molar-refractivity contribution in [3.8, 4) is 0 Å². The lowest BCUT2D eigenvalue weighted by molar-refractivity contribution is 0.631. The SMILES string of the molecule is Fc1ccccc1Nc1ncc2c(n1)N1CCCN=C1C(c1cccc3[nH]ncc13)=C2. The molecule has 0 spiro atoms. The van der Waals surface area contributed by atoms with E-state index in [1.807, 2.05) is 18.3 Å². The highest BCUT2D eigenvalue weighted by molar-refractivity contribution is 6.36. The molecule has 2 aromatic heterocycles. The minimum absolute atomic E-state index is 0.341. The second-order valence-electron chi connectivity index (χ2n) is 7.48. The number of benzene rings is 2. The zero-order chi connectivity index (χ0) is 20.8. The zero-order valence-electron chi connectivity index (χ0n) is 16.5. The Hall–Kier alpha value is -4.07. The predicted molar refractivity (Wildman–Crippen MR) is 120 cm³/mol. The smallest absolute Gasteiger partial charge is 0.229 e. The van der Waals surface area contributed by atoms with Crippen LogP contribution in [0.2, 0.25) is 0 Å². The van der Waals surface area contributed by atoms with Crippen molar-refractivity contribution in [3.63, 3.8) is 0 Å². The van der Waals surface area contributed by atoms with Gasteiger partial charge in [-0.3, -0.25) is 10.1 Å². The summed E-state index contributed by atoms with van der Waals surface area (Å²) in [6, 6.07) is 12.6. The molecule has 152 valence electrons. The fraction of sp³-hybridized carbons (Fsp3) is 0.130. The van der Waals surface area contributed by atoms with E-state index < -0.39 is 0 Å². The molecular formula is C23H18FN7. The maximum Gasteiger partial charge on any atom is 0.229 e. The highest BCUT2D eigenvalue weighted by atomic mass is 19.1. The summed E-state index contributed by atoms with van der Waals surface area (Å²) >= 11 is 0. The number of nitrogens with one attached hydrogen (secondary N) is 2. The molecule has 2 aliphatic rings. The van der Waals surface area contributed by atoms with E-state index in [2.05, 4.69) is 37.5 Å². The van der Waals surface area contributed by atoms with Gasteiger partial charge in [-0.15, -0.1) is 0 Å². The molecule has 4 heterocycles. The van der Waals surface area contributed by atoms with Gasteiger partial charge in [0.2, 0.25) is 5.95 Å². The van der Waals surface area contributed by atoms with Crippen molar-refractivity contribution in [1.29, 1.82) is 0 Å². The number of H-pyrrole nitrogens is 1. The monoisotopic (exact) mass is 411 g/mol. The molecule has 0 unspecified atom stereocenters. The number of fused-ring (bicyclic) bond motifs is 4. The van der Waals surface area contributed by atoms with Gasteiger partial charge < -0.3 is 10.2 Å². The quantitative estimate of drug-likeness (QED) is 0.522. The topological polar surface area (TPSA) is 82.1 Å². The molecule has 2 aromatic carbocycles. The highest BCUT2D eigenvalue weighted by Crippen LogP contribution is 2.37. The number of aliphatic imine (C=N–C) groups is 1. The van der Waals surface area contributed by atoms with Crippen LogP contribution in [0.5, 0.6) is 0 Å². The Kier molecular flexibility index (Phi) is 4.02. The Morgan fingerprint density at radius 2 is 2.00 bits per heavy atom. The molecule has 31 heavy (non-hydrogen) atoms. The number of para-hydroxylation sites is 1. The fourth-order valence-electron chi connectivity index (χ4n) is 4.11. The Labute approximate surface area is 177 Å². The molecule has 0 bridgehead atoms. The van der Waals surface area contributed by atoms with Crippen molar-refractivity contribution in [1.82, 2.24) is 20.2 Å². The minimum Gasteiger partial charge on any atom is -0.322 e. The van der Waals surface area contributed by atoms with Gasteiger partial charge in [0.15, 0.2) is 0 Å². The molecule has 0 saturated carbocycles. The third kappa shape index (κ3) is 2.95. The first-order valence-corrected chi connectivity index (χ1v) is 10.1. The number of hydrogen-bond donors (Lipinski definition) is 2. The van der Waals surface area contributed by atoms with Crippen molar-refractivity contribution in [3.05, 3.63) is 71.8 Å². The average molecular weight is 411 g/mol. The number of halogens is 1. The number of aromatic nitrogens is 4. The lowest BCUT2D eigenvalue weighted by atomic mass is 9.95. The summed E-state index contributed by atoms with van der Waals surface area (Å²) in [6.07, 6.45) is 6.62. The van der Waals surface area contributed by atoms with E-state index in [1.165, 1.54) is 6.07 Å². The summed E-state index contributed by atoms with van der Waals surface area (Å²) in [7, 11) is 0. The molecule has 0 aliphatic carbocycles. The Morgan fingerprint density at radius 3 is 2.94 bits per heavy atom. The summed E-state index contributed by atoms with van der Waals surface area (Å²) in [5.74, 6) is 1.67. The van der Waals surface area contributed by atoms with Gasteiger partial charge in [0.25, 0.3) is 0 Å². The molecule has 0 fully saturated rings. The Bertz CT molecular complexity index is 1370. The number of rotatable bonds is 3.